The third-order valence-electron chi connectivity index (χ3n) is 19.2. The van der Waals surface area contributed by atoms with Crippen LogP contribution >= 0.6 is 0 Å². The highest BCUT2D eigenvalue weighted by molar-refractivity contribution is 6.21. The van der Waals surface area contributed by atoms with Crippen LogP contribution in [0.4, 0.5) is 0 Å². The van der Waals surface area contributed by atoms with Crippen molar-refractivity contribution in [3.63, 3.8) is 0 Å². The second-order valence-electron chi connectivity index (χ2n) is 23.6. The van der Waals surface area contributed by atoms with Crippen molar-refractivity contribution in [3.8, 4) is 66.8 Å². The van der Waals surface area contributed by atoms with Crippen molar-refractivity contribution in [2.75, 3.05) is 0 Å². The Morgan fingerprint density at radius 1 is 0.256 bits per heavy atom. The second kappa shape index (κ2) is 18.3. The molecule has 0 nitrogen and oxygen atoms in total. The van der Waals surface area contributed by atoms with Crippen LogP contribution in [0.2, 0.25) is 0 Å². The van der Waals surface area contributed by atoms with Crippen LogP contribution < -0.4 is 0 Å². The summed E-state index contributed by atoms with van der Waals surface area (Å²) < 4.78 is 0. The van der Waals surface area contributed by atoms with Gasteiger partial charge < -0.3 is 0 Å². The average molecular weight is 1040 g/mol. The lowest BCUT2D eigenvalue weighted by atomic mass is 9.75. The van der Waals surface area contributed by atoms with Crippen LogP contribution in [0.15, 0.2) is 285 Å². The molecule has 0 fully saturated rings. The molecule has 2 spiro atoms. The van der Waals surface area contributed by atoms with Crippen molar-refractivity contribution in [1.29, 1.82) is 0 Å². The summed E-state index contributed by atoms with van der Waals surface area (Å²) in [5.41, 5.74) is 31.7. The molecule has 0 amide bonds. The maximum Gasteiger partial charge on any atom is 0.0296 e. The smallest absolute Gasteiger partial charge is 0.0296 e. The van der Waals surface area contributed by atoms with Gasteiger partial charge in [-0.25, -0.2) is 0 Å². The maximum absolute atomic E-state index is 2.58. The standard InChI is InChI=1S/C82H56/c1-3-19-54(20-4-1)74(55-21-5-2-6-22-55)43-53-35-37-56(38-36-53)79-70-29-11-13-31-72(70)80(73-32-14-12-30-71(73)79)65-45-63(57-39-41-68-66-27-15-17-33-75(66)81(77(68)47-57)49-59-23-7-8-24-60(59)50-81)44-64(46-65)58-40-42-69-67-28-16-18-34-76(67)82(78(69)48-58)51-61-25-9-10-26-62(61)52-82/h1-48H,49-52H2. The molecule has 0 saturated carbocycles. The fourth-order valence-corrected chi connectivity index (χ4v) is 15.6. The molecule has 0 aliphatic heterocycles. The maximum atomic E-state index is 2.58. The Morgan fingerprint density at radius 3 is 1.04 bits per heavy atom. The molecule has 82 heavy (non-hydrogen) atoms. The van der Waals surface area contributed by atoms with Gasteiger partial charge in [0.2, 0.25) is 0 Å². The molecule has 0 N–H and O–H groups in total. The molecule has 13 aromatic rings. The summed E-state index contributed by atoms with van der Waals surface area (Å²) in [6, 6.07) is 108. The SMILES string of the molecule is C(=C(c1ccccc1)c1ccccc1)c1ccc(-c2c3ccccc3c(-c3cc(-c4ccc5c(c4)C4(Cc6ccccc6C4)c4ccccc4-5)cc(-c4ccc5c(c4)C4(Cc6ccccc6C4)c4ccccc4-5)c3)c3ccccc23)cc1. The summed E-state index contributed by atoms with van der Waals surface area (Å²) in [6.45, 7) is 0. The van der Waals surface area contributed by atoms with E-state index in [0.717, 1.165) is 25.7 Å². The molecular weight excluding hydrogens is 985 g/mol. The highest BCUT2D eigenvalue weighted by atomic mass is 14.5. The Labute approximate surface area is 480 Å². The van der Waals surface area contributed by atoms with Crippen LogP contribution in [-0.2, 0) is 36.5 Å². The van der Waals surface area contributed by atoms with Crippen LogP contribution in [0.25, 0.3) is 100.0 Å². The molecule has 4 aliphatic carbocycles. The van der Waals surface area contributed by atoms with Gasteiger partial charge in [0.05, 0.1) is 0 Å². The van der Waals surface area contributed by atoms with Gasteiger partial charge in [-0.05, 0) is 217 Å². The Morgan fingerprint density at radius 2 is 0.598 bits per heavy atom. The van der Waals surface area contributed by atoms with E-state index in [-0.39, 0.29) is 10.8 Å². The molecule has 17 rings (SSSR count). The summed E-state index contributed by atoms with van der Waals surface area (Å²) in [4.78, 5) is 0. The van der Waals surface area contributed by atoms with Crippen molar-refractivity contribution in [2.45, 2.75) is 36.5 Å². The second-order valence-corrected chi connectivity index (χ2v) is 23.6. The van der Waals surface area contributed by atoms with Gasteiger partial charge in [0, 0.05) is 10.8 Å². The van der Waals surface area contributed by atoms with Gasteiger partial charge in [-0.2, -0.15) is 0 Å². The lowest BCUT2D eigenvalue weighted by Crippen LogP contribution is -2.25. The number of hydrogen-bond acceptors (Lipinski definition) is 0. The number of fused-ring (bicyclic) bond motifs is 14. The summed E-state index contributed by atoms with van der Waals surface area (Å²) in [6.07, 6.45) is 6.38. The molecule has 0 heterocycles. The monoisotopic (exact) mass is 1040 g/mol. The molecule has 0 heteroatoms. The van der Waals surface area contributed by atoms with Crippen molar-refractivity contribution in [3.05, 3.63) is 346 Å². The van der Waals surface area contributed by atoms with Gasteiger partial charge >= 0.3 is 0 Å². The van der Waals surface area contributed by atoms with E-state index in [4.69, 9.17) is 0 Å². The van der Waals surface area contributed by atoms with E-state index in [2.05, 4.69) is 291 Å². The highest BCUT2D eigenvalue weighted by Crippen LogP contribution is 2.58. The van der Waals surface area contributed by atoms with Crippen molar-refractivity contribution in [2.24, 2.45) is 0 Å². The van der Waals surface area contributed by atoms with Crippen LogP contribution in [0.1, 0.15) is 61.2 Å². The zero-order valence-corrected chi connectivity index (χ0v) is 45.5. The fourth-order valence-electron chi connectivity index (χ4n) is 15.6. The first kappa shape index (κ1) is 47.0. The van der Waals surface area contributed by atoms with E-state index in [9.17, 15) is 0 Å². The lowest BCUT2D eigenvalue weighted by molar-refractivity contribution is 0.564. The predicted octanol–water partition coefficient (Wildman–Crippen LogP) is 20.4. The molecule has 0 radical (unpaired) electrons. The van der Waals surface area contributed by atoms with Crippen molar-refractivity contribution in [1.82, 2.24) is 0 Å². The number of benzene rings is 13. The third-order valence-corrected chi connectivity index (χ3v) is 19.2. The summed E-state index contributed by atoms with van der Waals surface area (Å²) >= 11 is 0. The van der Waals surface area contributed by atoms with E-state index >= 15 is 0 Å². The zero-order valence-electron chi connectivity index (χ0n) is 45.5. The number of hydrogen-bond donors (Lipinski definition) is 0. The Hall–Kier alpha value is -9.88. The Bertz CT molecular complexity index is 4460. The lowest BCUT2D eigenvalue weighted by Gasteiger charge is -2.27. The summed E-state index contributed by atoms with van der Waals surface area (Å²) in [5, 5.41) is 4.99. The zero-order chi connectivity index (χ0) is 53.9. The molecule has 0 aromatic heterocycles. The summed E-state index contributed by atoms with van der Waals surface area (Å²) in [7, 11) is 0. The van der Waals surface area contributed by atoms with Crippen LogP contribution in [-0.4, -0.2) is 0 Å². The minimum Gasteiger partial charge on any atom is -0.0622 e. The van der Waals surface area contributed by atoms with Gasteiger partial charge in [-0.15, -0.1) is 0 Å². The largest absolute Gasteiger partial charge is 0.0622 e. The molecule has 0 bridgehead atoms. The van der Waals surface area contributed by atoms with Crippen LogP contribution in [0.3, 0.4) is 0 Å². The van der Waals surface area contributed by atoms with Gasteiger partial charge in [0.15, 0.2) is 0 Å². The van der Waals surface area contributed by atoms with E-state index in [0.29, 0.717) is 0 Å². The number of rotatable bonds is 7. The first-order valence-corrected chi connectivity index (χ1v) is 29.2. The van der Waals surface area contributed by atoms with Gasteiger partial charge in [-0.1, -0.05) is 255 Å². The summed E-state index contributed by atoms with van der Waals surface area (Å²) in [5.74, 6) is 0. The molecular formula is C82H56. The minimum absolute atomic E-state index is 0.114. The molecule has 0 saturated heterocycles. The Kier molecular flexibility index (Phi) is 10.5. The van der Waals surface area contributed by atoms with Gasteiger partial charge in [-0.3, -0.25) is 0 Å². The average Bonchev–Trinajstić information content (AvgIpc) is 4.21. The molecule has 0 unspecified atom stereocenters. The first-order chi connectivity index (χ1) is 40.6. The topological polar surface area (TPSA) is 0 Å². The van der Waals surface area contributed by atoms with Crippen LogP contribution in [0.5, 0.6) is 0 Å². The fraction of sp³-hybridized carbons (Fsp3) is 0.0732. The molecule has 384 valence electrons. The van der Waals surface area contributed by atoms with Crippen LogP contribution in [0, 0.1) is 0 Å². The molecule has 13 aromatic carbocycles. The van der Waals surface area contributed by atoms with Crippen molar-refractivity contribution < 1.29 is 0 Å². The third kappa shape index (κ3) is 7.17. The van der Waals surface area contributed by atoms with E-state index in [1.54, 1.807) is 0 Å². The van der Waals surface area contributed by atoms with E-state index < -0.39 is 0 Å². The van der Waals surface area contributed by atoms with Gasteiger partial charge in [0.1, 0.15) is 0 Å². The first-order valence-electron chi connectivity index (χ1n) is 29.2. The van der Waals surface area contributed by atoms with Crippen molar-refractivity contribution >= 4 is 33.2 Å². The minimum atomic E-state index is -0.114. The normalized spacial score (nSPS) is 14.3. The van der Waals surface area contributed by atoms with Gasteiger partial charge in [0.25, 0.3) is 0 Å². The Balaban J connectivity index is 0.860. The van der Waals surface area contributed by atoms with E-state index in [1.807, 2.05) is 0 Å². The molecule has 0 atom stereocenters. The molecule has 4 aliphatic rings. The highest BCUT2D eigenvalue weighted by Gasteiger charge is 2.48. The van der Waals surface area contributed by atoms with E-state index in [1.165, 1.54) is 155 Å². The quantitative estimate of drug-likeness (QED) is 0.110. The predicted molar refractivity (Wildman–Crippen MR) is 343 cm³/mol.